The number of carbonyl (C=O) groups excluding carboxylic acids is 1. The second-order valence-electron chi connectivity index (χ2n) is 8.07. The number of rotatable bonds is 6. The molecule has 2 unspecified atom stereocenters. The van der Waals surface area contributed by atoms with Crippen LogP contribution in [0.3, 0.4) is 0 Å². The molecule has 2 fully saturated rings. The molecule has 0 spiro atoms. The van der Waals surface area contributed by atoms with Gasteiger partial charge in [0.15, 0.2) is 5.82 Å². The summed E-state index contributed by atoms with van der Waals surface area (Å²) >= 11 is 0. The first kappa shape index (κ1) is 19.0. The fraction of sp³-hybridized carbons (Fsp3) is 0.375. The summed E-state index contributed by atoms with van der Waals surface area (Å²) in [5.41, 5.74) is 4.05. The van der Waals surface area contributed by atoms with Gasteiger partial charge in [0.2, 0.25) is 0 Å². The zero-order valence-electron chi connectivity index (χ0n) is 17.2. The van der Waals surface area contributed by atoms with Gasteiger partial charge in [-0.15, -0.1) is 0 Å². The zero-order valence-corrected chi connectivity index (χ0v) is 17.2. The topological polar surface area (TPSA) is 67.4 Å². The molecular formula is C24H26N4O2. The summed E-state index contributed by atoms with van der Waals surface area (Å²) in [5.74, 6) is 0.844. The van der Waals surface area contributed by atoms with E-state index >= 15 is 0 Å². The number of hydrogen-bond acceptors (Lipinski definition) is 5. The maximum Gasteiger partial charge on any atom is 0.251 e. The van der Waals surface area contributed by atoms with Crippen molar-refractivity contribution in [2.75, 3.05) is 24.6 Å². The molecule has 0 aliphatic carbocycles. The third-order valence-electron chi connectivity index (χ3n) is 5.94. The molecule has 1 amide bonds. The van der Waals surface area contributed by atoms with Gasteiger partial charge in [-0.25, -0.2) is 9.97 Å². The van der Waals surface area contributed by atoms with Crippen molar-refractivity contribution in [1.29, 1.82) is 0 Å². The van der Waals surface area contributed by atoms with Crippen LogP contribution in [0.2, 0.25) is 0 Å². The van der Waals surface area contributed by atoms with Crippen LogP contribution >= 0.6 is 0 Å². The molecule has 1 N–H and O–H groups in total. The van der Waals surface area contributed by atoms with Crippen molar-refractivity contribution in [3.05, 3.63) is 54.1 Å². The average Bonchev–Trinajstić information content (AvgIpc) is 3.42. The molecule has 0 radical (unpaired) electrons. The number of hydrogen-bond donors (Lipinski definition) is 1. The molecule has 2 aliphatic rings. The molecule has 2 saturated heterocycles. The first-order chi connectivity index (χ1) is 14.7. The number of carbonyl (C=O) groups is 1. The molecule has 30 heavy (non-hydrogen) atoms. The molecular weight excluding hydrogens is 376 g/mol. The van der Waals surface area contributed by atoms with Crippen molar-refractivity contribution in [2.24, 2.45) is 0 Å². The number of nitrogens with one attached hydrogen (secondary N) is 1. The molecule has 2 aliphatic heterocycles. The van der Waals surface area contributed by atoms with Crippen LogP contribution in [0.1, 0.15) is 36.5 Å². The van der Waals surface area contributed by atoms with Crippen molar-refractivity contribution in [2.45, 2.75) is 38.3 Å². The molecule has 5 rings (SSSR count). The van der Waals surface area contributed by atoms with Gasteiger partial charge in [-0.05, 0) is 31.0 Å². The SMILES string of the molecule is CCCCNC(=O)c1ccc2nc(N3CC4CC3CO4)c(-c3ccccc3)nc2c1. The van der Waals surface area contributed by atoms with Crippen molar-refractivity contribution in [3.8, 4) is 11.3 Å². The van der Waals surface area contributed by atoms with Gasteiger partial charge in [-0.3, -0.25) is 4.79 Å². The fourth-order valence-electron chi connectivity index (χ4n) is 4.32. The van der Waals surface area contributed by atoms with Gasteiger partial charge < -0.3 is 15.0 Å². The van der Waals surface area contributed by atoms with Crippen molar-refractivity contribution < 1.29 is 9.53 Å². The van der Waals surface area contributed by atoms with E-state index in [0.717, 1.165) is 60.5 Å². The third kappa shape index (κ3) is 3.52. The number of unbranched alkanes of at least 4 members (excludes halogenated alkanes) is 1. The summed E-state index contributed by atoms with van der Waals surface area (Å²) in [6.07, 6.45) is 3.36. The number of aromatic nitrogens is 2. The highest BCUT2D eigenvalue weighted by molar-refractivity contribution is 5.98. The number of morpholine rings is 1. The minimum Gasteiger partial charge on any atom is -0.374 e. The normalized spacial score (nSPS) is 20.1. The smallest absolute Gasteiger partial charge is 0.251 e. The van der Waals surface area contributed by atoms with Gasteiger partial charge in [-0.2, -0.15) is 0 Å². The van der Waals surface area contributed by atoms with E-state index in [1.807, 2.05) is 36.4 Å². The second-order valence-corrected chi connectivity index (χ2v) is 8.07. The summed E-state index contributed by atoms with van der Waals surface area (Å²) < 4.78 is 5.78. The summed E-state index contributed by atoms with van der Waals surface area (Å²) in [6.45, 7) is 4.39. The minimum absolute atomic E-state index is 0.0634. The van der Waals surface area contributed by atoms with Crippen molar-refractivity contribution >= 4 is 22.8 Å². The highest BCUT2D eigenvalue weighted by Gasteiger charge is 2.40. The van der Waals surface area contributed by atoms with E-state index in [1.54, 1.807) is 0 Å². The molecule has 6 nitrogen and oxygen atoms in total. The van der Waals surface area contributed by atoms with E-state index in [2.05, 4.69) is 29.3 Å². The van der Waals surface area contributed by atoms with Crippen LogP contribution in [-0.4, -0.2) is 47.7 Å². The lowest BCUT2D eigenvalue weighted by molar-refractivity contribution is 0.0953. The van der Waals surface area contributed by atoms with Crippen LogP contribution in [0.5, 0.6) is 0 Å². The fourth-order valence-corrected chi connectivity index (χ4v) is 4.32. The lowest BCUT2D eigenvalue weighted by atomic mass is 10.1. The number of benzene rings is 2. The molecule has 3 aromatic rings. The summed E-state index contributed by atoms with van der Waals surface area (Å²) in [7, 11) is 0. The molecule has 2 aromatic carbocycles. The number of amides is 1. The highest BCUT2D eigenvalue weighted by atomic mass is 16.5. The van der Waals surface area contributed by atoms with E-state index < -0.39 is 0 Å². The molecule has 0 saturated carbocycles. The Labute approximate surface area is 176 Å². The Morgan fingerprint density at radius 2 is 2.03 bits per heavy atom. The van der Waals surface area contributed by atoms with Gasteiger partial charge in [0.25, 0.3) is 5.91 Å². The minimum atomic E-state index is -0.0634. The molecule has 2 bridgehead atoms. The van der Waals surface area contributed by atoms with Gasteiger partial charge in [-0.1, -0.05) is 43.7 Å². The van der Waals surface area contributed by atoms with Crippen LogP contribution in [-0.2, 0) is 4.74 Å². The first-order valence-electron chi connectivity index (χ1n) is 10.8. The Morgan fingerprint density at radius 3 is 2.77 bits per heavy atom. The number of nitrogens with zero attached hydrogens (tertiary/aromatic N) is 3. The molecule has 1 aromatic heterocycles. The Kier molecular flexibility index (Phi) is 5.09. The monoisotopic (exact) mass is 402 g/mol. The van der Waals surface area contributed by atoms with E-state index in [1.165, 1.54) is 0 Å². The van der Waals surface area contributed by atoms with Crippen molar-refractivity contribution in [3.63, 3.8) is 0 Å². The summed E-state index contributed by atoms with van der Waals surface area (Å²) in [5, 5.41) is 2.98. The van der Waals surface area contributed by atoms with E-state index in [9.17, 15) is 4.79 Å². The van der Waals surface area contributed by atoms with Crippen LogP contribution in [0.25, 0.3) is 22.3 Å². The van der Waals surface area contributed by atoms with E-state index in [4.69, 9.17) is 14.7 Å². The molecule has 3 heterocycles. The van der Waals surface area contributed by atoms with Crippen LogP contribution < -0.4 is 10.2 Å². The number of anilines is 1. The maximum absolute atomic E-state index is 12.5. The van der Waals surface area contributed by atoms with E-state index in [0.29, 0.717) is 18.2 Å². The zero-order chi connectivity index (χ0) is 20.5. The van der Waals surface area contributed by atoms with Gasteiger partial charge in [0.05, 0.1) is 29.8 Å². The predicted octanol–water partition coefficient (Wildman–Crippen LogP) is 3.80. The van der Waals surface area contributed by atoms with Crippen LogP contribution in [0, 0.1) is 0 Å². The molecule has 154 valence electrons. The van der Waals surface area contributed by atoms with Gasteiger partial charge >= 0.3 is 0 Å². The summed E-state index contributed by atoms with van der Waals surface area (Å²) in [6, 6.07) is 16.1. The van der Waals surface area contributed by atoms with Crippen LogP contribution in [0.15, 0.2) is 48.5 Å². The second kappa shape index (κ2) is 8.03. The number of ether oxygens (including phenoxy) is 1. The maximum atomic E-state index is 12.5. The molecule has 6 heteroatoms. The Morgan fingerprint density at radius 1 is 1.17 bits per heavy atom. The predicted molar refractivity (Wildman–Crippen MR) is 118 cm³/mol. The van der Waals surface area contributed by atoms with Gasteiger partial charge in [0, 0.05) is 24.2 Å². The largest absolute Gasteiger partial charge is 0.374 e. The third-order valence-corrected chi connectivity index (χ3v) is 5.94. The van der Waals surface area contributed by atoms with Crippen LogP contribution in [0.4, 0.5) is 5.82 Å². The highest BCUT2D eigenvalue weighted by Crippen LogP contribution is 2.37. The number of fused-ring (bicyclic) bond motifs is 3. The lowest BCUT2D eigenvalue weighted by Gasteiger charge is -2.29. The summed E-state index contributed by atoms with van der Waals surface area (Å²) in [4.78, 5) is 24.8. The Bertz CT molecular complexity index is 1070. The average molecular weight is 402 g/mol. The van der Waals surface area contributed by atoms with Gasteiger partial charge in [0.1, 0.15) is 5.69 Å². The lowest BCUT2D eigenvalue weighted by Crippen LogP contribution is -2.38. The standard InChI is InChI=1S/C24H26N4O2/c1-2-3-11-25-24(29)17-9-10-20-21(12-17)26-22(16-7-5-4-6-8-16)23(27-20)28-14-19-13-18(28)15-30-19/h4-10,12,18-19H,2-3,11,13-15H2,1H3,(H,25,29). The first-order valence-corrected chi connectivity index (χ1v) is 10.8. The molecule has 2 atom stereocenters. The quantitative estimate of drug-likeness (QED) is 0.635. The Balaban J connectivity index is 1.56. The van der Waals surface area contributed by atoms with E-state index in [-0.39, 0.29) is 12.0 Å². The van der Waals surface area contributed by atoms with Crippen molar-refractivity contribution in [1.82, 2.24) is 15.3 Å². The Hall–Kier alpha value is -2.99.